The van der Waals surface area contributed by atoms with E-state index in [0.29, 0.717) is 11.4 Å². The smallest absolute Gasteiger partial charge is 0.0645 e. The van der Waals surface area contributed by atoms with Crippen molar-refractivity contribution in [2.75, 3.05) is 4.90 Å². The van der Waals surface area contributed by atoms with Gasteiger partial charge in [-0.15, -0.1) is 0 Å². The van der Waals surface area contributed by atoms with E-state index in [1.807, 2.05) is 103 Å². The SMILES string of the molecule is [2H]c1c([2H])c([2H])c(-c2c([2H])c([2H])c(N(c3ccc(-c4cccc(-c5cccc6ccccc56)c4)cc3)c3ccccc3-c3ccccc3)c([2H])c2[2H])c([2H])c1[2H]. The molecule has 0 saturated carbocycles. The predicted octanol–water partition coefficient (Wildman–Crippen LogP) is 13.0. The summed E-state index contributed by atoms with van der Waals surface area (Å²) in [5.74, 6) is 0. The van der Waals surface area contributed by atoms with Crippen LogP contribution in [0.25, 0.3) is 55.3 Å². The summed E-state index contributed by atoms with van der Waals surface area (Å²) < 4.78 is 78.6. The Morgan fingerprint density at radius 1 is 0.362 bits per heavy atom. The molecule has 8 aromatic carbocycles. The molecule has 47 heavy (non-hydrogen) atoms. The van der Waals surface area contributed by atoms with E-state index in [2.05, 4.69) is 42.5 Å². The minimum absolute atomic E-state index is 0.0507. The average Bonchev–Trinajstić information content (AvgIpc) is 3.24. The second-order valence-corrected chi connectivity index (χ2v) is 11.1. The van der Waals surface area contributed by atoms with Crippen LogP contribution in [0.1, 0.15) is 12.3 Å². The third-order valence-corrected chi connectivity index (χ3v) is 8.24. The van der Waals surface area contributed by atoms with E-state index in [4.69, 9.17) is 9.60 Å². The second kappa shape index (κ2) is 12.7. The Labute approximate surface area is 289 Å². The van der Waals surface area contributed by atoms with Gasteiger partial charge in [0.25, 0.3) is 0 Å². The van der Waals surface area contributed by atoms with Crippen molar-refractivity contribution in [2.24, 2.45) is 0 Å². The molecule has 222 valence electrons. The van der Waals surface area contributed by atoms with Crippen LogP contribution in [0, 0.1) is 0 Å². The molecule has 0 atom stereocenters. The number of benzene rings is 8. The lowest BCUT2D eigenvalue weighted by Crippen LogP contribution is -2.11. The van der Waals surface area contributed by atoms with Crippen LogP contribution in [0.4, 0.5) is 17.1 Å². The maximum absolute atomic E-state index is 9.37. The Balaban J connectivity index is 1.31. The minimum Gasteiger partial charge on any atom is -0.310 e. The summed E-state index contributed by atoms with van der Waals surface area (Å²) in [6.45, 7) is 0. The molecule has 1 heteroatoms. The van der Waals surface area contributed by atoms with Gasteiger partial charge in [-0.25, -0.2) is 0 Å². The molecule has 0 heterocycles. The van der Waals surface area contributed by atoms with E-state index in [0.717, 1.165) is 44.2 Å². The fourth-order valence-electron chi connectivity index (χ4n) is 5.98. The molecule has 0 unspecified atom stereocenters. The van der Waals surface area contributed by atoms with Crippen LogP contribution < -0.4 is 4.90 Å². The van der Waals surface area contributed by atoms with Crippen molar-refractivity contribution in [1.82, 2.24) is 0 Å². The summed E-state index contributed by atoms with van der Waals surface area (Å²) in [6, 6.07) is 42.8. The molecule has 0 aliphatic rings. The summed E-state index contributed by atoms with van der Waals surface area (Å²) in [5, 5.41) is 2.32. The summed E-state index contributed by atoms with van der Waals surface area (Å²) in [4.78, 5) is 1.70. The molecule has 0 bridgehead atoms. The fourth-order valence-corrected chi connectivity index (χ4v) is 5.98. The van der Waals surface area contributed by atoms with Gasteiger partial charge in [0.1, 0.15) is 0 Å². The summed E-state index contributed by atoms with van der Waals surface area (Å²) in [7, 11) is 0. The lowest BCUT2D eigenvalue weighted by molar-refractivity contribution is 1.28. The average molecular weight is 609 g/mol. The molecule has 0 fully saturated rings. The van der Waals surface area contributed by atoms with E-state index < -0.39 is 54.4 Å². The monoisotopic (exact) mass is 608 g/mol. The first kappa shape index (κ1) is 20.0. The summed E-state index contributed by atoms with van der Waals surface area (Å²) >= 11 is 0. The van der Waals surface area contributed by atoms with Crippen LogP contribution in [0.15, 0.2) is 200 Å². The zero-order chi connectivity index (χ0) is 39.2. The number of rotatable bonds is 7. The van der Waals surface area contributed by atoms with Gasteiger partial charge >= 0.3 is 0 Å². The van der Waals surface area contributed by atoms with Crippen molar-refractivity contribution in [2.45, 2.75) is 0 Å². The number of hydrogen-bond acceptors (Lipinski definition) is 1. The van der Waals surface area contributed by atoms with Crippen LogP contribution in [-0.2, 0) is 0 Å². The van der Waals surface area contributed by atoms with Crippen LogP contribution >= 0.6 is 0 Å². The normalized spacial score (nSPS) is 13.7. The van der Waals surface area contributed by atoms with Crippen molar-refractivity contribution < 1.29 is 12.3 Å². The first-order valence-corrected chi connectivity index (χ1v) is 15.4. The number of anilines is 3. The molecule has 0 aliphatic carbocycles. The molecule has 0 amide bonds. The van der Waals surface area contributed by atoms with E-state index >= 15 is 0 Å². The maximum atomic E-state index is 9.37. The molecule has 0 spiro atoms. The van der Waals surface area contributed by atoms with Crippen molar-refractivity contribution in [3.63, 3.8) is 0 Å². The van der Waals surface area contributed by atoms with E-state index in [-0.39, 0.29) is 16.8 Å². The fraction of sp³-hybridized carbons (Fsp3) is 0. The van der Waals surface area contributed by atoms with Crippen LogP contribution in [-0.4, -0.2) is 0 Å². The van der Waals surface area contributed by atoms with Gasteiger partial charge < -0.3 is 4.90 Å². The van der Waals surface area contributed by atoms with Gasteiger partial charge in [-0.05, 0) is 86.1 Å². The molecule has 0 radical (unpaired) electrons. The second-order valence-electron chi connectivity index (χ2n) is 11.1. The number of para-hydroxylation sites is 1. The van der Waals surface area contributed by atoms with E-state index in [1.54, 1.807) is 4.90 Å². The van der Waals surface area contributed by atoms with Crippen LogP contribution in [0.3, 0.4) is 0 Å². The van der Waals surface area contributed by atoms with Crippen molar-refractivity contribution in [3.05, 3.63) is 200 Å². The summed E-state index contributed by atoms with van der Waals surface area (Å²) in [6.07, 6.45) is 0. The van der Waals surface area contributed by atoms with Crippen LogP contribution in [0.2, 0.25) is 0 Å². The quantitative estimate of drug-likeness (QED) is 0.174. The molecule has 0 aliphatic heterocycles. The lowest BCUT2D eigenvalue weighted by atomic mass is 9.95. The van der Waals surface area contributed by atoms with E-state index in [9.17, 15) is 2.74 Å². The Kier molecular flexibility index (Phi) is 5.40. The Bertz CT molecular complexity index is 2740. The molecule has 0 N–H and O–H groups in total. The highest BCUT2D eigenvalue weighted by atomic mass is 15.1. The number of nitrogens with zero attached hydrogens (tertiary/aromatic N) is 1. The predicted molar refractivity (Wildman–Crippen MR) is 200 cm³/mol. The van der Waals surface area contributed by atoms with Gasteiger partial charge in [-0.3, -0.25) is 0 Å². The zero-order valence-corrected chi connectivity index (χ0v) is 25.3. The van der Waals surface area contributed by atoms with Gasteiger partial charge in [0.15, 0.2) is 0 Å². The van der Waals surface area contributed by atoms with Gasteiger partial charge in [-0.2, -0.15) is 0 Å². The molecule has 8 aromatic rings. The van der Waals surface area contributed by atoms with Crippen molar-refractivity contribution in [1.29, 1.82) is 0 Å². The van der Waals surface area contributed by atoms with Gasteiger partial charge in [-0.1, -0.05) is 164 Å². The topological polar surface area (TPSA) is 3.24 Å². The van der Waals surface area contributed by atoms with Gasteiger partial charge in [0.05, 0.1) is 18.0 Å². The first-order chi connectivity index (χ1) is 27.1. The third kappa shape index (κ3) is 5.72. The highest BCUT2D eigenvalue weighted by molar-refractivity contribution is 5.97. The Morgan fingerprint density at radius 2 is 0.979 bits per heavy atom. The first-order valence-electron chi connectivity index (χ1n) is 19.9. The minimum atomic E-state index is -0.622. The largest absolute Gasteiger partial charge is 0.310 e. The highest BCUT2D eigenvalue weighted by Crippen LogP contribution is 2.42. The van der Waals surface area contributed by atoms with E-state index in [1.165, 1.54) is 0 Å². The van der Waals surface area contributed by atoms with Crippen molar-refractivity contribution in [3.8, 4) is 44.5 Å². The van der Waals surface area contributed by atoms with Crippen molar-refractivity contribution >= 4 is 27.8 Å². The molecular weight excluding hydrogens is 567 g/mol. The molecule has 0 aromatic heterocycles. The van der Waals surface area contributed by atoms with Gasteiger partial charge in [0, 0.05) is 16.9 Å². The molecule has 1 nitrogen and oxygen atoms in total. The van der Waals surface area contributed by atoms with Crippen LogP contribution in [0.5, 0.6) is 0 Å². The summed E-state index contributed by atoms with van der Waals surface area (Å²) in [5.41, 5.74) is 6.15. The highest BCUT2D eigenvalue weighted by Gasteiger charge is 2.17. The Hall–Kier alpha value is -6.18. The van der Waals surface area contributed by atoms with Gasteiger partial charge in [0.2, 0.25) is 0 Å². The third-order valence-electron chi connectivity index (χ3n) is 8.24. The molecular formula is C46H33N. The zero-order valence-electron chi connectivity index (χ0n) is 34.3. The number of hydrogen-bond donors (Lipinski definition) is 0. The standard InChI is InChI=1S/C46H33N/c1-3-13-34(14-4-1)35-25-29-41(30-26-35)47(46-24-10-9-22-45(46)38-15-5-2-6-16-38)42-31-27-36(28-32-42)39-19-11-20-40(33-39)44-23-12-18-37-17-7-8-21-43(37)44/h1-33H/i1D,3D,4D,13D,14D,25D,26D,29D,30D. The number of fused-ring (bicyclic) bond motifs is 1. The Morgan fingerprint density at radius 3 is 1.81 bits per heavy atom. The maximum Gasteiger partial charge on any atom is 0.0645 e. The molecule has 0 saturated heterocycles. The molecule has 8 rings (SSSR count). The lowest BCUT2D eigenvalue weighted by Gasteiger charge is -2.28.